The Morgan fingerprint density at radius 1 is 1.23 bits per heavy atom. The van der Waals surface area contributed by atoms with Crippen molar-refractivity contribution in [2.75, 3.05) is 0 Å². The first kappa shape index (κ1) is 18.6. The van der Waals surface area contributed by atoms with Gasteiger partial charge in [0.2, 0.25) is 5.91 Å². The lowest BCUT2D eigenvalue weighted by Crippen LogP contribution is -2.54. The highest BCUT2D eigenvalue weighted by molar-refractivity contribution is 7.80. The molecule has 1 amide bonds. The summed E-state index contributed by atoms with van der Waals surface area (Å²) in [6, 6.07) is 9.93. The number of hydrogen-bond acceptors (Lipinski definition) is 2. The maximum atomic E-state index is 12.2. The van der Waals surface area contributed by atoms with Gasteiger partial charge in [0.15, 0.2) is 0 Å². The van der Waals surface area contributed by atoms with Crippen molar-refractivity contribution in [3.05, 3.63) is 35.9 Å². The number of hydrogen-bond donors (Lipinski definition) is 1. The minimum atomic E-state index is -0.112. The molecule has 0 aliphatic carbocycles. The fourth-order valence-electron chi connectivity index (χ4n) is 2.43. The lowest BCUT2D eigenvalue weighted by molar-refractivity contribution is -0.131. The van der Waals surface area contributed by atoms with Gasteiger partial charge in [-0.3, -0.25) is 4.79 Å². The maximum absolute atomic E-state index is 12.2. The van der Waals surface area contributed by atoms with Gasteiger partial charge in [-0.15, -0.1) is 0 Å². The number of nitrogens with zero attached hydrogens (tertiary/aromatic N) is 1. The van der Waals surface area contributed by atoms with Crippen molar-refractivity contribution in [1.29, 1.82) is 0 Å². The van der Waals surface area contributed by atoms with Gasteiger partial charge in [0.25, 0.3) is 0 Å². The van der Waals surface area contributed by atoms with E-state index in [4.69, 9.17) is 12.2 Å². The van der Waals surface area contributed by atoms with Crippen LogP contribution >= 0.6 is 12.2 Å². The van der Waals surface area contributed by atoms with E-state index in [-0.39, 0.29) is 23.4 Å². The first-order chi connectivity index (χ1) is 10.1. The van der Waals surface area contributed by atoms with E-state index >= 15 is 0 Å². The van der Waals surface area contributed by atoms with Crippen LogP contribution in [0.5, 0.6) is 0 Å². The third-order valence-electron chi connectivity index (χ3n) is 3.33. The van der Waals surface area contributed by atoms with Crippen molar-refractivity contribution in [2.45, 2.75) is 59.7 Å². The molecule has 1 aromatic carbocycles. The molecule has 22 heavy (non-hydrogen) atoms. The number of nitrogens with one attached hydrogen (secondary N) is 1. The van der Waals surface area contributed by atoms with Crippen LogP contribution in [0, 0.1) is 5.92 Å². The Morgan fingerprint density at radius 2 is 1.77 bits per heavy atom. The molecule has 3 nitrogen and oxygen atoms in total. The Balaban J connectivity index is 3.02. The number of thiocarbonyl (C=S) groups is 1. The summed E-state index contributed by atoms with van der Waals surface area (Å²) in [6.45, 7) is 12.6. The summed E-state index contributed by atoms with van der Waals surface area (Å²) in [6.07, 6.45) is 0. The van der Waals surface area contributed by atoms with Gasteiger partial charge in [-0.25, -0.2) is 0 Å². The van der Waals surface area contributed by atoms with Gasteiger partial charge < -0.3 is 10.2 Å². The van der Waals surface area contributed by atoms with Crippen molar-refractivity contribution < 1.29 is 4.79 Å². The first-order valence-electron chi connectivity index (χ1n) is 7.75. The van der Waals surface area contributed by atoms with Crippen molar-refractivity contribution in [3.8, 4) is 0 Å². The van der Waals surface area contributed by atoms with Crippen molar-refractivity contribution in [3.63, 3.8) is 0 Å². The molecule has 0 fully saturated rings. The summed E-state index contributed by atoms with van der Waals surface area (Å²) >= 11 is 5.61. The van der Waals surface area contributed by atoms with E-state index in [1.54, 1.807) is 6.92 Å². The van der Waals surface area contributed by atoms with Crippen LogP contribution in [0.2, 0.25) is 0 Å². The quantitative estimate of drug-likeness (QED) is 0.838. The number of benzene rings is 1. The highest BCUT2D eigenvalue weighted by Crippen LogP contribution is 2.18. The molecular weight excluding hydrogens is 292 g/mol. The highest BCUT2D eigenvalue weighted by atomic mass is 32.1. The van der Waals surface area contributed by atoms with Crippen LogP contribution in [0.15, 0.2) is 30.3 Å². The van der Waals surface area contributed by atoms with Crippen LogP contribution in [-0.2, 0) is 11.3 Å². The Kier molecular flexibility index (Phi) is 6.54. The zero-order chi connectivity index (χ0) is 16.9. The molecule has 0 heterocycles. The average molecular weight is 321 g/mol. The monoisotopic (exact) mass is 320 g/mol. The van der Waals surface area contributed by atoms with Crippen LogP contribution in [0.1, 0.15) is 47.1 Å². The SMILES string of the molecule is CC(=O)N(Cc1ccccc1)[C@H](C(=S)NC(C)(C)C)C(C)C. The van der Waals surface area contributed by atoms with E-state index in [0.717, 1.165) is 10.6 Å². The summed E-state index contributed by atoms with van der Waals surface area (Å²) < 4.78 is 0. The van der Waals surface area contributed by atoms with Crippen LogP contribution < -0.4 is 5.32 Å². The molecule has 0 spiro atoms. The summed E-state index contributed by atoms with van der Waals surface area (Å²) in [5.41, 5.74) is 1.00. The predicted molar refractivity (Wildman–Crippen MR) is 96.8 cm³/mol. The summed E-state index contributed by atoms with van der Waals surface area (Å²) in [5.74, 6) is 0.288. The molecule has 1 rings (SSSR count). The van der Waals surface area contributed by atoms with Crippen molar-refractivity contribution >= 4 is 23.1 Å². The van der Waals surface area contributed by atoms with E-state index < -0.39 is 0 Å². The highest BCUT2D eigenvalue weighted by Gasteiger charge is 2.29. The standard InChI is InChI=1S/C18H28N2OS/c1-13(2)16(17(22)19-18(4,5)6)20(14(3)21)12-15-10-8-7-9-11-15/h7-11,13,16H,12H2,1-6H3,(H,19,22)/t16-/m0/s1. The van der Waals surface area contributed by atoms with Gasteiger partial charge in [0.1, 0.15) is 0 Å². The molecule has 122 valence electrons. The number of carbonyl (C=O) groups is 1. The number of amides is 1. The number of rotatable bonds is 5. The largest absolute Gasteiger partial charge is 0.373 e. The summed E-state index contributed by atoms with van der Waals surface area (Å²) in [4.78, 5) is 14.8. The minimum Gasteiger partial charge on any atom is -0.373 e. The molecule has 0 radical (unpaired) electrons. The molecule has 0 bridgehead atoms. The number of carbonyl (C=O) groups excluding carboxylic acids is 1. The van der Waals surface area contributed by atoms with Crippen LogP contribution in [0.3, 0.4) is 0 Å². The van der Waals surface area contributed by atoms with Gasteiger partial charge in [0, 0.05) is 19.0 Å². The minimum absolute atomic E-state index is 0.0422. The third kappa shape index (κ3) is 5.76. The Bertz CT molecular complexity index is 506. The predicted octanol–water partition coefficient (Wildman–Crippen LogP) is 3.78. The zero-order valence-corrected chi connectivity index (χ0v) is 15.3. The van der Waals surface area contributed by atoms with E-state index in [9.17, 15) is 4.79 Å². The molecule has 0 saturated carbocycles. The Morgan fingerprint density at radius 3 is 2.18 bits per heavy atom. The second kappa shape index (κ2) is 7.73. The molecule has 0 aliphatic rings. The maximum Gasteiger partial charge on any atom is 0.220 e. The van der Waals surface area contributed by atoms with Crippen LogP contribution in [0.25, 0.3) is 0 Å². The second-order valence-electron chi connectivity index (χ2n) is 7.06. The molecule has 0 saturated heterocycles. The fourth-order valence-corrected chi connectivity index (χ4v) is 3.14. The normalized spacial score (nSPS) is 12.9. The molecule has 1 atom stereocenters. The van der Waals surface area contributed by atoms with Gasteiger partial charge in [-0.05, 0) is 32.3 Å². The Hall–Kier alpha value is -1.42. The lowest BCUT2D eigenvalue weighted by atomic mass is 9.99. The first-order valence-corrected chi connectivity index (χ1v) is 8.16. The summed E-state index contributed by atoms with van der Waals surface area (Å²) in [5, 5.41) is 3.36. The van der Waals surface area contributed by atoms with Gasteiger partial charge >= 0.3 is 0 Å². The van der Waals surface area contributed by atoms with E-state index in [0.29, 0.717) is 6.54 Å². The zero-order valence-electron chi connectivity index (χ0n) is 14.5. The molecule has 1 N–H and O–H groups in total. The van der Waals surface area contributed by atoms with Crippen LogP contribution in [-0.4, -0.2) is 27.4 Å². The third-order valence-corrected chi connectivity index (χ3v) is 3.68. The topological polar surface area (TPSA) is 32.3 Å². The lowest BCUT2D eigenvalue weighted by Gasteiger charge is -2.37. The second-order valence-corrected chi connectivity index (χ2v) is 7.50. The van der Waals surface area contributed by atoms with Crippen molar-refractivity contribution in [1.82, 2.24) is 10.2 Å². The van der Waals surface area contributed by atoms with Gasteiger partial charge in [0.05, 0.1) is 11.0 Å². The van der Waals surface area contributed by atoms with Crippen LogP contribution in [0.4, 0.5) is 0 Å². The smallest absolute Gasteiger partial charge is 0.220 e. The van der Waals surface area contributed by atoms with E-state index in [2.05, 4.69) is 39.9 Å². The molecule has 0 unspecified atom stereocenters. The van der Waals surface area contributed by atoms with E-state index in [1.807, 2.05) is 35.2 Å². The fraction of sp³-hybridized carbons (Fsp3) is 0.556. The molecule has 4 heteroatoms. The molecule has 1 aromatic rings. The van der Waals surface area contributed by atoms with Crippen molar-refractivity contribution in [2.24, 2.45) is 5.92 Å². The van der Waals surface area contributed by atoms with Gasteiger partial charge in [-0.2, -0.15) is 0 Å². The molecular formula is C18H28N2OS. The molecule has 0 aliphatic heterocycles. The summed E-state index contributed by atoms with van der Waals surface area (Å²) in [7, 11) is 0. The average Bonchev–Trinajstić information content (AvgIpc) is 2.36. The van der Waals surface area contributed by atoms with Gasteiger partial charge in [-0.1, -0.05) is 56.4 Å². The molecule has 0 aromatic heterocycles. The Labute approximate surface area is 140 Å². The van der Waals surface area contributed by atoms with E-state index in [1.165, 1.54) is 0 Å².